The Bertz CT molecular complexity index is 568. The molecule has 0 radical (unpaired) electrons. The summed E-state index contributed by atoms with van der Waals surface area (Å²) >= 11 is 0. The van der Waals surface area contributed by atoms with Gasteiger partial charge in [-0.05, 0) is 12.1 Å². The van der Waals surface area contributed by atoms with Gasteiger partial charge in [-0.25, -0.2) is 9.69 Å². The number of benzene rings is 1. The van der Waals surface area contributed by atoms with E-state index in [-0.39, 0.29) is 18.7 Å². The van der Waals surface area contributed by atoms with Gasteiger partial charge in [0.1, 0.15) is 0 Å². The molecular formula is C14H14N2O4. The number of methoxy groups -OCH3 is 1. The van der Waals surface area contributed by atoms with Crippen LogP contribution in [0.1, 0.15) is 0 Å². The Morgan fingerprint density at radius 3 is 2.35 bits per heavy atom. The Morgan fingerprint density at radius 1 is 1.10 bits per heavy atom. The van der Waals surface area contributed by atoms with Crippen molar-refractivity contribution in [2.75, 3.05) is 25.2 Å². The SMILES string of the molecule is C=C1C(=O)N(CCOC)C(=O)N(c2ccccc2)C1=O. The van der Waals surface area contributed by atoms with Gasteiger partial charge in [0, 0.05) is 7.11 Å². The van der Waals surface area contributed by atoms with E-state index < -0.39 is 17.8 Å². The lowest BCUT2D eigenvalue weighted by Crippen LogP contribution is -2.57. The second-order valence-electron chi connectivity index (χ2n) is 4.19. The number of ether oxygens (including phenoxy) is 1. The molecule has 1 aliphatic heterocycles. The molecule has 1 fully saturated rings. The average Bonchev–Trinajstić information content (AvgIpc) is 2.46. The van der Waals surface area contributed by atoms with E-state index in [0.717, 1.165) is 9.80 Å². The fourth-order valence-corrected chi connectivity index (χ4v) is 1.87. The van der Waals surface area contributed by atoms with E-state index in [1.807, 2.05) is 0 Å². The second-order valence-corrected chi connectivity index (χ2v) is 4.19. The summed E-state index contributed by atoms with van der Waals surface area (Å²) < 4.78 is 4.87. The molecule has 20 heavy (non-hydrogen) atoms. The minimum absolute atomic E-state index is 0.0732. The highest BCUT2D eigenvalue weighted by Gasteiger charge is 2.41. The van der Waals surface area contributed by atoms with Gasteiger partial charge in [-0.2, -0.15) is 0 Å². The molecule has 2 rings (SSSR count). The molecule has 1 heterocycles. The molecule has 0 unspecified atom stereocenters. The number of rotatable bonds is 4. The predicted octanol–water partition coefficient (Wildman–Crippen LogP) is 1.18. The van der Waals surface area contributed by atoms with Crippen molar-refractivity contribution < 1.29 is 19.1 Å². The first kappa shape index (κ1) is 14.0. The molecule has 0 saturated carbocycles. The Labute approximate surface area is 116 Å². The first-order valence-electron chi connectivity index (χ1n) is 6.01. The highest BCUT2D eigenvalue weighted by molar-refractivity contribution is 6.37. The summed E-state index contributed by atoms with van der Waals surface area (Å²) in [5.41, 5.74) is 0.170. The third-order valence-corrected chi connectivity index (χ3v) is 2.92. The Balaban J connectivity index is 2.36. The van der Waals surface area contributed by atoms with Crippen LogP contribution in [0.3, 0.4) is 0 Å². The van der Waals surface area contributed by atoms with E-state index >= 15 is 0 Å². The summed E-state index contributed by atoms with van der Waals surface area (Å²) in [4.78, 5) is 38.2. The number of barbiturate groups is 1. The maximum absolute atomic E-state index is 12.3. The van der Waals surface area contributed by atoms with Gasteiger partial charge in [-0.3, -0.25) is 14.5 Å². The number of nitrogens with zero attached hydrogens (tertiary/aromatic N) is 2. The lowest BCUT2D eigenvalue weighted by atomic mass is 10.1. The number of hydrogen-bond donors (Lipinski definition) is 0. The van der Waals surface area contributed by atoms with E-state index in [9.17, 15) is 14.4 Å². The summed E-state index contributed by atoms with van der Waals surface area (Å²) in [6, 6.07) is 7.73. The zero-order chi connectivity index (χ0) is 14.7. The molecule has 0 N–H and O–H groups in total. The number of carbonyl (C=O) groups is 3. The summed E-state index contributed by atoms with van der Waals surface area (Å²) in [6.07, 6.45) is 0. The van der Waals surface area contributed by atoms with E-state index in [0.29, 0.717) is 5.69 Å². The van der Waals surface area contributed by atoms with Crippen molar-refractivity contribution in [3.8, 4) is 0 Å². The number of carbonyl (C=O) groups excluding carboxylic acids is 3. The van der Waals surface area contributed by atoms with E-state index in [1.54, 1.807) is 30.3 Å². The smallest absolute Gasteiger partial charge is 0.338 e. The molecule has 1 aliphatic rings. The highest BCUT2D eigenvalue weighted by Crippen LogP contribution is 2.23. The van der Waals surface area contributed by atoms with Gasteiger partial charge in [-0.15, -0.1) is 0 Å². The zero-order valence-electron chi connectivity index (χ0n) is 11.0. The molecule has 0 atom stereocenters. The maximum Gasteiger partial charge on any atom is 0.338 e. The van der Waals surface area contributed by atoms with Crippen LogP contribution in [0, 0.1) is 0 Å². The van der Waals surface area contributed by atoms with Gasteiger partial charge in [0.25, 0.3) is 11.8 Å². The summed E-state index contributed by atoms with van der Waals surface area (Å²) in [6.45, 7) is 3.74. The molecular weight excluding hydrogens is 260 g/mol. The molecule has 0 aliphatic carbocycles. The number of amides is 4. The first-order chi connectivity index (χ1) is 9.57. The number of para-hydroxylation sites is 1. The third-order valence-electron chi connectivity index (χ3n) is 2.92. The normalized spacial score (nSPS) is 16.1. The lowest BCUT2D eigenvalue weighted by molar-refractivity contribution is -0.129. The van der Waals surface area contributed by atoms with Crippen molar-refractivity contribution in [1.82, 2.24) is 4.90 Å². The van der Waals surface area contributed by atoms with Crippen molar-refractivity contribution >= 4 is 23.5 Å². The molecule has 104 valence electrons. The van der Waals surface area contributed by atoms with Crippen molar-refractivity contribution in [3.63, 3.8) is 0 Å². The van der Waals surface area contributed by atoms with Crippen LogP contribution in [-0.4, -0.2) is 43.0 Å². The molecule has 1 aromatic rings. The van der Waals surface area contributed by atoms with E-state index in [2.05, 4.69) is 6.58 Å². The van der Waals surface area contributed by atoms with Gasteiger partial charge in [-0.1, -0.05) is 24.8 Å². The number of urea groups is 1. The van der Waals surface area contributed by atoms with E-state index in [4.69, 9.17) is 4.74 Å². The third kappa shape index (κ3) is 2.33. The first-order valence-corrected chi connectivity index (χ1v) is 6.01. The van der Waals surface area contributed by atoms with Gasteiger partial charge >= 0.3 is 6.03 Å². The van der Waals surface area contributed by atoms with Crippen molar-refractivity contribution in [1.29, 1.82) is 0 Å². The number of imide groups is 2. The molecule has 6 heteroatoms. The molecule has 0 spiro atoms. The number of hydrogen-bond acceptors (Lipinski definition) is 4. The van der Waals surface area contributed by atoms with Crippen LogP contribution in [0.4, 0.5) is 10.5 Å². The monoisotopic (exact) mass is 274 g/mol. The van der Waals surface area contributed by atoms with Crippen LogP contribution >= 0.6 is 0 Å². The molecule has 4 amide bonds. The summed E-state index contributed by atoms with van der Waals surface area (Å²) in [5.74, 6) is -1.37. The minimum atomic E-state index is -0.695. The van der Waals surface area contributed by atoms with Crippen molar-refractivity contribution in [2.24, 2.45) is 0 Å². The maximum atomic E-state index is 12.3. The van der Waals surface area contributed by atoms with Gasteiger partial charge < -0.3 is 4.74 Å². The largest absolute Gasteiger partial charge is 0.383 e. The topological polar surface area (TPSA) is 66.9 Å². The van der Waals surface area contributed by atoms with Crippen molar-refractivity contribution in [2.45, 2.75) is 0 Å². The van der Waals surface area contributed by atoms with Crippen LogP contribution in [0.2, 0.25) is 0 Å². The average molecular weight is 274 g/mol. The fourth-order valence-electron chi connectivity index (χ4n) is 1.87. The standard InChI is InChI=1S/C14H14N2O4/c1-10-12(17)15(8-9-20-2)14(19)16(13(10)18)11-6-4-3-5-7-11/h3-7H,1,8-9H2,2H3. The highest BCUT2D eigenvalue weighted by atomic mass is 16.5. The van der Waals surface area contributed by atoms with Crippen LogP contribution < -0.4 is 4.90 Å². The molecule has 0 aromatic heterocycles. The quantitative estimate of drug-likeness (QED) is 0.611. The Kier molecular flexibility index (Phi) is 3.95. The van der Waals surface area contributed by atoms with E-state index in [1.165, 1.54) is 7.11 Å². The van der Waals surface area contributed by atoms with Gasteiger partial charge in [0.2, 0.25) is 0 Å². The summed E-state index contributed by atoms with van der Waals surface area (Å²) in [7, 11) is 1.47. The Hall–Kier alpha value is -2.47. The zero-order valence-corrected chi connectivity index (χ0v) is 11.0. The molecule has 0 bridgehead atoms. The second kappa shape index (κ2) is 5.66. The van der Waals surface area contributed by atoms with Gasteiger partial charge in [0.15, 0.2) is 0 Å². The Morgan fingerprint density at radius 2 is 1.75 bits per heavy atom. The van der Waals surface area contributed by atoms with Crippen LogP contribution in [-0.2, 0) is 14.3 Å². The van der Waals surface area contributed by atoms with Crippen molar-refractivity contribution in [3.05, 3.63) is 42.5 Å². The van der Waals surface area contributed by atoms with Crippen LogP contribution in [0.5, 0.6) is 0 Å². The number of anilines is 1. The molecule has 6 nitrogen and oxygen atoms in total. The predicted molar refractivity (Wildman–Crippen MR) is 72.1 cm³/mol. The van der Waals surface area contributed by atoms with Gasteiger partial charge in [0.05, 0.1) is 24.4 Å². The summed E-state index contributed by atoms with van der Waals surface area (Å²) in [5, 5.41) is 0. The van der Waals surface area contributed by atoms with Crippen LogP contribution in [0.25, 0.3) is 0 Å². The molecule has 1 saturated heterocycles. The molecule has 1 aromatic carbocycles. The fraction of sp³-hybridized carbons (Fsp3) is 0.214. The minimum Gasteiger partial charge on any atom is -0.383 e. The van der Waals surface area contributed by atoms with Crippen LogP contribution in [0.15, 0.2) is 42.5 Å². The lowest BCUT2D eigenvalue weighted by Gasteiger charge is -2.33.